The van der Waals surface area contributed by atoms with E-state index in [1.165, 1.54) is 0 Å². The van der Waals surface area contributed by atoms with Crippen molar-refractivity contribution < 1.29 is 14.3 Å². The molecule has 0 N–H and O–H groups in total. The lowest BCUT2D eigenvalue weighted by molar-refractivity contribution is -0.136. The third kappa shape index (κ3) is 2.45. The number of amides is 1. The highest BCUT2D eigenvalue weighted by molar-refractivity contribution is 5.80. The van der Waals surface area contributed by atoms with Crippen LogP contribution in [0.25, 0.3) is 0 Å². The molecule has 1 saturated carbocycles. The van der Waals surface area contributed by atoms with Crippen molar-refractivity contribution >= 4 is 11.9 Å². The molecular weight excluding hydrogens is 218 g/mol. The fourth-order valence-electron chi connectivity index (χ4n) is 3.03. The van der Waals surface area contributed by atoms with Crippen LogP contribution in [0.5, 0.6) is 0 Å². The first-order valence-electron chi connectivity index (χ1n) is 6.26. The fraction of sp³-hybridized carbons (Fsp3) is 0.846. The molecule has 96 valence electrons. The minimum absolute atomic E-state index is 0.189. The number of hydrogen-bond acceptors (Lipinski definition) is 3. The van der Waals surface area contributed by atoms with Crippen LogP contribution >= 0.6 is 0 Å². The third-order valence-electron chi connectivity index (χ3n) is 3.65. The molecular formula is C13H21NO3. The SMILES string of the molecule is CC(=O)C1C2CC1CN(C(=O)OC(C)(C)C)C2. The van der Waals surface area contributed by atoms with Gasteiger partial charge in [-0.25, -0.2) is 4.79 Å². The maximum atomic E-state index is 11.9. The van der Waals surface area contributed by atoms with Crippen molar-refractivity contribution in [2.45, 2.75) is 39.7 Å². The summed E-state index contributed by atoms with van der Waals surface area (Å²) in [7, 11) is 0. The first kappa shape index (κ1) is 12.4. The van der Waals surface area contributed by atoms with Gasteiger partial charge in [0.05, 0.1) is 0 Å². The number of ketones is 1. The average molecular weight is 239 g/mol. The second kappa shape index (κ2) is 4.00. The van der Waals surface area contributed by atoms with Gasteiger partial charge in [-0.3, -0.25) is 4.79 Å². The highest BCUT2D eigenvalue weighted by Crippen LogP contribution is 2.46. The molecule has 3 aliphatic rings. The van der Waals surface area contributed by atoms with Crippen molar-refractivity contribution in [2.75, 3.05) is 13.1 Å². The van der Waals surface area contributed by atoms with Crippen LogP contribution < -0.4 is 0 Å². The predicted molar refractivity (Wildman–Crippen MR) is 63.6 cm³/mol. The van der Waals surface area contributed by atoms with Gasteiger partial charge in [0.1, 0.15) is 11.4 Å². The molecule has 0 radical (unpaired) electrons. The number of hydrogen-bond donors (Lipinski definition) is 0. The van der Waals surface area contributed by atoms with E-state index in [0.717, 1.165) is 6.42 Å². The Bertz CT molecular complexity index is 333. The minimum atomic E-state index is -0.446. The van der Waals surface area contributed by atoms with Gasteiger partial charge in [-0.15, -0.1) is 0 Å². The molecule has 4 nitrogen and oxygen atoms in total. The molecule has 0 aromatic carbocycles. The lowest BCUT2D eigenvalue weighted by Crippen LogP contribution is -2.59. The van der Waals surface area contributed by atoms with Crippen LogP contribution in [0.4, 0.5) is 4.79 Å². The number of carbonyl (C=O) groups excluding carboxylic acids is 2. The molecule has 3 rings (SSSR count). The zero-order valence-electron chi connectivity index (χ0n) is 11.0. The summed E-state index contributed by atoms with van der Waals surface area (Å²) in [6.07, 6.45) is 0.845. The van der Waals surface area contributed by atoms with E-state index in [1.807, 2.05) is 20.8 Å². The second-order valence-electron chi connectivity index (χ2n) is 6.28. The maximum Gasteiger partial charge on any atom is 0.410 e. The molecule has 3 fully saturated rings. The maximum absolute atomic E-state index is 11.9. The fourth-order valence-corrected chi connectivity index (χ4v) is 3.03. The van der Waals surface area contributed by atoms with Crippen LogP contribution in [0, 0.1) is 17.8 Å². The molecule has 1 amide bonds. The largest absolute Gasteiger partial charge is 0.444 e. The van der Waals surface area contributed by atoms with Crippen molar-refractivity contribution in [2.24, 2.45) is 17.8 Å². The number of ether oxygens (including phenoxy) is 1. The molecule has 0 aromatic heterocycles. The van der Waals surface area contributed by atoms with Gasteiger partial charge in [0, 0.05) is 19.0 Å². The molecule has 17 heavy (non-hydrogen) atoms. The van der Waals surface area contributed by atoms with Gasteiger partial charge in [0.25, 0.3) is 0 Å². The Labute approximate surface area is 102 Å². The van der Waals surface area contributed by atoms with Crippen molar-refractivity contribution in [1.82, 2.24) is 4.90 Å². The average Bonchev–Trinajstić information content (AvgIpc) is 2.13. The Morgan fingerprint density at radius 3 is 2.12 bits per heavy atom. The molecule has 0 spiro atoms. The van der Waals surface area contributed by atoms with Gasteiger partial charge < -0.3 is 9.64 Å². The summed E-state index contributed by atoms with van der Waals surface area (Å²) in [5.74, 6) is 1.18. The van der Waals surface area contributed by atoms with E-state index >= 15 is 0 Å². The highest BCUT2D eigenvalue weighted by Gasteiger charge is 2.50. The second-order valence-corrected chi connectivity index (χ2v) is 6.28. The zero-order chi connectivity index (χ0) is 12.8. The number of rotatable bonds is 1. The van der Waals surface area contributed by atoms with Crippen molar-refractivity contribution in [3.8, 4) is 0 Å². The number of fused-ring (bicyclic) bond motifs is 2. The van der Waals surface area contributed by atoms with Crippen LogP contribution in [0.2, 0.25) is 0 Å². The number of nitrogens with zero attached hydrogens (tertiary/aromatic N) is 1. The summed E-state index contributed by atoms with van der Waals surface area (Å²) in [5, 5.41) is 0. The monoisotopic (exact) mass is 239 g/mol. The lowest BCUT2D eigenvalue weighted by atomic mass is 9.60. The van der Waals surface area contributed by atoms with E-state index in [4.69, 9.17) is 4.74 Å². The summed E-state index contributed by atoms with van der Waals surface area (Å²) in [5.41, 5.74) is -0.446. The molecule has 2 unspecified atom stereocenters. The van der Waals surface area contributed by atoms with Gasteiger partial charge in [0.15, 0.2) is 0 Å². The van der Waals surface area contributed by atoms with Gasteiger partial charge in [-0.1, -0.05) is 0 Å². The smallest absolute Gasteiger partial charge is 0.410 e. The summed E-state index contributed by atoms with van der Waals surface area (Å²) in [6, 6.07) is 0. The number of Topliss-reactive ketones (excluding diaryl/α,β-unsaturated/α-hetero) is 1. The Balaban J connectivity index is 1.92. The van der Waals surface area contributed by atoms with Gasteiger partial charge in [-0.2, -0.15) is 0 Å². The number of carbonyl (C=O) groups is 2. The number of piperidine rings is 2. The molecule has 2 atom stereocenters. The molecule has 2 heterocycles. The predicted octanol–water partition coefficient (Wildman–Crippen LogP) is 2.08. The van der Waals surface area contributed by atoms with E-state index in [0.29, 0.717) is 24.9 Å². The molecule has 4 heteroatoms. The Morgan fingerprint density at radius 1 is 1.18 bits per heavy atom. The Kier molecular flexibility index (Phi) is 2.92. The standard InChI is InChI=1S/C13H21NO3/c1-8(15)11-9-5-10(11)7-14(6-9)12(16)17-13(2,3)4/h9-11H,5-7H2,1-4H3. The molecule has 0 aromatic rings. The molecule has 2 aliphatic heterocycles. The Morgan fingerprint density at radius 2 is 1.71 bits per heavy atom. The van der Waals surface area contributed by atoms with Crippen LogP contribution in [0.3, 0.4) is 0 Å². The summed E-state index contributed by atoms with van der Waals surface area (Å²) in [4.78, 5) is 25.0. The summed E-state index contributed by atoms with van der Waals surface area (Å²) in [6.45, 7) is 8.62. The summed E-state index contributed by atoms with van der Waals surface area (Å²) >= 11 is 0. The van der Waals surface area contributed by atoms with E-state index in [1.54, 1.807) is 11.8 Å². The van der Waals surface area contributed by atoms with E-state index in [9.17, 15) is 9.59 Å². The van der Waals surface area contributed by atoms with Gasteiger partial charge in [-0.05, 0) is 46.0 Å². The van der Waals surface area contributed by atoms with Crippen LogP contribution in [-0.4, -0.2) is 35.5 Å². The third-order valence-corrected chi connectivity index (χ3v) is 3.65. The minimum Gasteiger partial charge on any atom is -0.444 e. The highest BCUT2D eigenvalue weighted by atomic mass is 16.6. The van der Waals surface area contributed by atoms with Gasteiger partial charge >= 0.3 is 6.09 Å². The first-order valence-corrected chi connectivity index (χ1v) is 6.26. The topological polar surface area (TPSA) is 46.6 Å². The van der Waals surface area contributed by atoms with Crippen molar-refractivity contribution in [3.63, 3.8) is 0 Å². The quantitative estimate of drug-likeness (QED) is 0.703. The van der Waals surface area contributed by atoms with Gasteiger partial charge in [0.2, 0.25) is 0 Å². The van der Waals surface area contributed by atoms with Crippen molar-refractivity contribution in [1.29, 1.82) is 0 Å². The van der Waals surface area contributed by atoms with E-state index < -0.39 is 5.60 Å². The first-order chi connectivity index (χ1) is 7.78. The summed E-state index contributed by atoms with van der Waals surface area (Å²) < 4.78 is 5.34. The van der Waals surface area contributed by atoms with Crippen molar-refractivity contribution in [3.05, 3.63) is 0 Å². The van der Waals surface area contributed by atoms with E-state index in [2.05, 4.69) is 0 Å². The normalized spacial score (nSPS) is 31.8. The zero-order valence-corrected chi connectivity index (χ0v) is 11.0. The van der Waals surface area contributed by atoms with E-state index in [-0.39, 0.29) is 17.8 Å². The molecule has 1 aliphatic carbocycles. The lowest BCUT2D eigenvalue weighted by Gasteiger charge is -2.52. The Hall–Kier alpha value is -1.06. The molecule has 2 saturated heterocycles. The molecule has 2 bridgehead atoms. The van der Waals surface area contributed by atoms with Crippen LogP contribution in [0.1, 0.15) is 34.1 Å². The van der Waals surface area contributed by atoms with Crippen LogP contribution in [0.15, 0.2) is 0 Å². The van der Waals surface area contributed by atoms with Crippen LogP contribution in [-0.2, 0) is 9.53 Å².